The number of H-pyrrole nitrogens is 6. The predicted octanol–water partition coefficient (Wildman–Crippen LogP) is -0.0763. The van der Waals surface area contributed by atoms with Gasteiger partial charge in [0.15, 0.2) is 100 Å². The minimum atomic E-state index is -1.40. The molecule has 125 heavy (non-hydrogen) atoms. The third-order valence-corrected chi connectivity index (χ3v) is 30.0. The molecule has 10 aromatic heterocycles. The Labute approximate surface area is 743 Å². The zero-order valence-corrected chi connectivity index (χ0v) is 79.3. The summed E-state index contributed by atoms with van der Waals surface area (Å²) in [5.41, 5.74) is 25.8. The van der Waals surface area contributed by atoms with Crippen LogP contribution in [0.5, 0.6) is 0 Å². The van der Waals surface area contributed by atoms with E-state index < -0.39 is 191 Å². The molecular formula is C70H106BrClFIN25O20P5S. The Morgan fingerprint density at radius 3 is 0.984 bits per heavy atom. The summed E-state index contributed by atoms with van der Waals surface area (Å²) >= 11 is 16.6. The molecule has 45 nitrogen and oxygen atoms in total. The molecule has 55 heteroatoms. The van der Waals surface area contributed by atoms with Crippen LogP contribution in [-0.4, -0.2) is 369 Å². The standard InChI is InChI=1S/C14H21BrN5O4P.C14H21ClN5O4P.C14H21FN5O4P.C14H21IN5O4P.C14H22N5O4PS/c4*1-25(2,3)5-4-6-8(21)9(22)12(24-6)20-10-7(17-13(20)15)11(23)19-14(16)18-10;1-24(2,3)5-4-6-8(20)9(21)12(23-6)19-10-7(16-14(19)25)11(22)18-13(15)17-10/h4*6,8-9,12,21-22H,1,4-5H2,2-3H3,(H3,16,18,19,23);6,8-9,12,20-21H,1,4-5H2,2-3H3,(H,16,25)(H3,15,17,18,22)/t5*6-,8-,9-,12-/m11111/s1. The molecule has 0 saturated carbocycles. The fourth-order valence-electron chi connectivity index (χ4n) is 14.4. The number of aliphatic hydroxyl groups excluding tert-OH is 10. The number of anilines is 5. The Kier molecular flexibility index (Phi) is 30.4. The van der Waals surface area contributed by atoms with E-state index in [4.69, 9.17) is 76.2 Å². The lowest BCUT2D eigenvalue weighted by atomic mass is 10.1. The summed E-state index contributed by atoms with van der Waals surface area (Å²) in [4.78, 5) is 110. The first-order valence-corrected chi connectivity index (χ1v) is 56.5. The van der Waals surface area contributed by atoms with Gasteiger partial charge in [-0.25, -0.2) is 15.0 Å². The van der Waals surface area contributed by atoms with Crippen molar-refractivity contribution in [1.29, 1.82) is 0 Å². The molecule has 5 fully saturated rings. The summed E-state index contributed by atoms with van der Waals surface area (Å²) in [6, 6.07) is 0. The normalized spacial score (nSPS) is 27.2. The van der Waals surface area contributed by atoms with Crippen LogP contribution in [0.3, 0.4) is 0 Å². The molecule has 15 heterocycles. The number of ether oxygens (including phenoxy) is 5. The van der Waals surface area contributed by atoms with Gasteiger partial charge < -0.3 is 108 Å². The Hall–Kier alpha value is -6.70. The molecule has 20 atom stereocenters. The van der Waals surface area contributed by atoms with Gasteiger partial charge in [0, 0.05) is 22.6 Å². The smallest absolute Gasteiger partial charge is 0.293 e. The van der Waals surface area contributed by atoms with Crippen molar-refractivity contribution in [2.24, 2.45) is 0 Å². The van der Waals surface area contributed by atoms with Gasteiger partial charge in [-0.2, -0.15) is 34.3 Å². The van der Waals surface area contributed by atoms with Crippen molar-refractivity contribution >= 4 is 214 Å². The molecule has 10 aromatic rings. The summed E-state index contributed by atoms with van der Waals surface area (Å²) in [6.07, 6.45) is 6.84. The van der Waals surface area contributed by atoms with Gasteiger partial charge in [0.25, 0.3) is 33.9 Å². The molecule has 0 radical (unpaired) electrons. The number of nitrogens with one attached hydrogen (secondary N) is 6. The van der Waals surface area contributed by atoms with Gasteiger partial charge in [0.05, 0.1) is 30.5 Å². The van der Waals surface area contributed by atoms with Gasteiger partial charge in [0.1, 0.15) is 61.0 Å². The van der Waals surface area contributed by atoms with Crippen molar-refractivity contribution in [3.63, 3.8) is 0 Å². The van der Waals surface area contributed by atoms with Crippen LogP contribution in [0.2, 0.25) is 5.28 Å². The highest BCUT2D eigenvalue weighted by Crippen LogP contribution is 2.46. The first-order valence-electron chi connectivity index (χ1n) is 38.6. The molecule has 26 N–H and O–H groups in total. The van der Waals surface area contributed by atoms with Crippen LogP contribution in [0.1, 0.15) is 63.2 Å². The third kappa shape index (κ3) is 22.5. The Morgan fingerprint density at radius 2 is 0.640 bits per heavy atom. The third-order valence-electron chi connectivity index (χ3n) is 20.8. The van der Waals surface area contributed by atoms with Crippen LogP contribution in [0, 0.1) is 14.7 Å². The maximum absolute atomic E-state index is 14.3. The molecule has 0 aliphatic carbocycles. The number of imidazole rings is 5. The van der Waals surface area contributed by atoms with E-state index in [1.807, 2.05) is 35.9 Å². The highest BCUT2D eigenvalue weighted by atomic mass is 127. The number of hydrogen-bond donors (Lipinski definition) is 21. The lowest BCUT2D eigenvalue weighted by Crippen LogP contribution is -2.32. The second-order valence-corrected chi connectivity index (χ2v) is 58.4. The molecule has 0 spiro atoms. The van der Waals surface area contributed by atoms with Crippen LogP contribution in [0.25, 0.3) is 55.8 Å². The molecular weight excluding hydrogens is 1960 g/mol. The minimum Gasteiger partial charge on any atom is -0.388 e. The largest absolute Gasteiger partial charge is 0.388 e. The number of nitrogens with two attached hydrogens (primary N) is 5. The van der Waals surface area contributed by atoms with Crippen molar-refractivity contribution in [3.05, 3.63) is 76.5 Å². The number of aromatic amines is 6. The highest BCUT2D eigenvalue weighted by Gasteiger charge is 2.50. The van der Waals surface area contributed by atoms with Gasteiger partial charge in [-0.3, -0.25) is 71.7 Å². The van der Waals surface area contributed by atoms with E-state index in [1.165, 1.54) is 18.3 Å². The number of nitrogen functional groups attached to an aromatic ring is 5. The van der Waals surface area contributed by atoms with E-state index in [0.717, 1.165) is 35.4 Å². The average molecular weight is 2070 g/mol. The Bertz CT molecular complexity index is 5740. The minimum absolute atomic E-state index is 0.0160. The van der Waals surface area contributed by atoms with E-state index in [0.29, 0.717) is 35.9 Å². The molecule has 5 aliphatic rings. The Balaban J connectivity index is 0.000000152. The van der Waals surface area contributed by atoms with E-state index in [2.05, 4.69) is 176 Å². The molecule has 5 saturated heterocycles. The van der Waals surface area contributed by atoms with Crippen molar-refractivity contribution in [2.45, 2.75) is 155 Å². The quantitative estimate of drug-likeness (QED) is 0.0205. The molecule has 0 unspecified atom stereocenters. The maximum Gasteiger partial charge on any atom is 0.293 e. The number of fused-ring (bicyclic) bond motifs is 5. The number of halogens is 4. The fourth-order valence-corrected chi connectivity index (χ4v) is 21.0. The summed E-state index contributed by atoms with van der Waals surface area (Å²) in [5.74, 6) is -0.522. The van der Waals surface area contributed by atoms with Gasteiger partial charge in [-0.05, 0) is 169 Å². The number of rotatable bonds is 20. The summed E-state index contributed by atoms with van der Waals surface area (Å²) in [6.45, 7) is 14.4. The zero-order chi connectivity index (χ0) is 92.6. The molecule has 690 valence electrons. The average Bonchev–Trinajstić information content (AvgIpc) is 1.63. The van der Waals surface area contributed by atoms with Crippen molar-refractivity contribution < 1.29 is 79.1 Å². The first kappa shape index (κ1) is 98.9. The van der Waals surface area contributed by atoms with Crippen molar-refractivity contribution in [3.8, 4) is 0 Å². The number of aromatic nitrogens is 20. The van der Waals surface area contributed by atoms with Gasteiger partial charge in [0.2, 0.25) is 35.0 Å². The summed E-state index contributed by atoms with van der Waals surface area (Å²) in [7, 11) is 0. The molecule has 15 rings (SSSR count). The molecule has 0 amide bonds. The van der Waals surface area contributed by atoms with Gasteiger partial charge in [-0.15, -0.1) is 65.9 Å². The van der Waals surface area contributed by atoms with Gasteiger partial charge >= 0.3 is 0 Å². The number of aliphatic hydroxyl groups is 10. The topological polar surface area (TPSA) is 699 Å². The number of nitrogens with zero attached hydrogens (tertiary/aromatic N) is 14. The van der Waals surface area contributed by atoms with E-state index >= 15 is 0 Å². The van der Waals surface area contributed by atoms with Crippen molar-refractivity contribution in [1.82, 2.24) is 97.6 Å². The second kappa shape index (κ2) is 38.4. The zero-order valence-electron chi connectivity index (χ0n) is 69.5. The van der Waals surface area contributed by atoms with E-state index in [9.17, 15) is 79.4 Å². The van der Waals surface area contributed by atoms with Crippen LogP contribution in [0.4, 0.5) is 34.1 Å². The predicted molar refractivity (Wildman–Crippen MR) is 502 cm³/mol. The SMILES string of the molecule is C=P(C)(C)CC[C@H]1O[C@@H](n2c(=S)[nH]c3c(=O)[nH]c(N)nc32)[C@H](O)[C@@H]1O.C=P(C)(C)CC[C@H]1O[C@@H](n2c(Br)nc3c(=O)[nH]c(N)nc32)[C@H](O)[C@@H]1O.C=P(C)(C)CC[C@H]1O[C@@H](n2c(Cl)nc3c(=O)[nH]c(N)nc32)[C@H](O)[C@@H]1O.C=P(C)(C)CC[C@H]1O[C@@H](n2c(F)nc3c(=O)[nH]c(N)nc32)[C@H](O)[C@@H]1O.C=P(C)(C)CC[C@H]1O[C@@H](n2c(I)nc3c(=O)[nH]c(N)nc32)[C@H](O)[C@@H]1O. The maximum atomic E-state index is 14.3. The first-order chi connectivity index (χ1) is 57.9. The Morgan fingerprint density at radius 1 is 0.384 bits per heavy atom. The molecule has 0 bridgehead atoms. The summed E-state index contributed by atoms with van der Waals surface area (Å²) in [5, 5.41) is 104. The second-order valence-electron chi connectivity index (χ2n) is 34.4. The molecule has 0 aromatic carbocycles. The molecule has 5 aliphatic heterocycles. The number of hydrogen-bond acceptors (Lipinski definition) is 35. The van der Waals surface area contributed by atoms with E-state index in [-0.39, 0.29) is 100 Å². The lowest BCUT2D eigenvalue weighted by molar-refractivity contribution is -0.0412. The van der Waals surface area contributed by atoms with Gasteiger partial charge in [-0.1, -0.05) is 0 Å². The van der Waals surface area contributed by atoms with Crippen LogP contribution >= 0.6 is 96.8 Å². The van der Waals surface area contributed by atoms with Crippen molar-refractivity contribution in [2.75, 3.05) is 126 Å². The monoisotopic (exact) mass is 2060 g/mol. The van der Waals surface area contributed by atoms with Crippen LogP contribution in [-0.2, 0) is 23.7 Å². The van der Waals surface area contributed by atoms with Crippen LogP contribution in [0.15, 0.2) is 28.7 Å². The van der Waals surface area contributed by atoms with E-state index in [1.54, 1.807) is 0 Å². The summed E-state index contributed by atoms with van der Waals surface area (Å²) < 4.78 is 50.7. The lowest BCUT2D eigenvalue weighted by Gasteiger charge is -2.19. The fraction of sp³-hybridized carbons (Fsp3) is 0.571. The highest BCUT2D eigenvalue weighted by molar-refractivity contribution is 14.1. The van der Waals surface area contributed by atoms with Crippen LogP contribution < -0.4 is 56.5 Å².